The summed E-state index contributed by atoms with van der Waals surface area (Å²) in [7, 11) is 0. The smallest absolute Gasteiger partial charge is 0.240 e. The SMILES string of the molecule is CC1CC(=O)NN=C1c1ccc2c(c1)COC1(CCN(C3CCC3)CC1)O2. The van der Waals surface area contributed by atoms with E-state index in [1.54, 1.807) is 0 Å². The predicted molar refractivity (Wildman–Crippen MR) is 101 cm³/mol. The number of nitrogens with zero attached hydrogens (tertiary/aromatic N) is 2. The first-order chi connectivity index (χ1) is 13.1. The Morgan fingerprint density at radius 2 is 2.07 bits per heavy atom. The van der Waals surface area contributed by atoms with E-state index in [2.05, 4.69) is 21.5 Å². The number of hydrogen-bond acceptors (Lipinski definition) is 5. The third-order valence-electron chi connectivity index (χ3n) is 6.55. The lowest BCUT2D eigenvalue weighted by molar-refractivity contribution is -0.231. The second-order valence-electron chi connectivity index (χ2n) is 8.38. The first-order valence-electron chi connectivity index (χ1n) is 10.2. The highest BCUT2D eigenvalue weighted by atomic mass is 16.7. The van der Waals surface area contributed by atoms with Gasteiger partial charge in [0.1, 0.15) is 5.75 Å². The molecule has 1 amide bonds. The van der Waals surface area contributed by atoms with Gasteiger partial charge in [-0.3, -0.25) is 9.69 Å². The molecule has 6 nitrogen and oxygen atoms in total. The fourth-order valence-corrected chi connectivity index (χ4v) is 4.62. The number of hydrogen-bond donors (Lipinski definition) is 1. The zero-order chi connectivity index (χ0) is 18.4. The molecule has 1 aromatic rings. The van der Waals surface area contributed by atoms with Crippen LogP contribution in [0.15, 0.2) is 23.3 Å². The molecule has 144 valence electrons. The predicted octanol–water partition coefficient (Wildman–Crippen LogP) is 2.80. The maximum Gasteiger partial charge on any atom is 0.240 e. The van der Waals surface area contributed by atoms with E-state index in [0.29, 0.717) is 13.0 Å². The summed E-state index contributed by atoms with van der Waals surface area (Å²) in [5.41, 5.74) is 5.61. The van der Waals surface area contributed by atoms with Crippen LogP contribution in [0.2, 0.25) is 0 Å². The monoisotopic (exact) mass is 369 g/mol. The Kier molecular flexibility index (Phi) is 4.20. The Labute approximate surface area is 159 Å². The number of ether oxygens (including phenoxy) is 2. The van der Waals surface area contributed by atoms with Crippen LogP contribution in [-0.2, 0) is 16.1 Å². The highest BCUT2D eigenvalue weighted by molar-refractivity contribution is 6.05. The average Bonchev–Trinajstić information content (AvgIpc) is 2.62. The quantitative estimate of drug-likeness (QED) is 0.871. The van der Waals surface area contributed by atoms with Crippen LogP contribution >= 0.6 is 0 Å². The van der Waals surface area contributed by atoms with E-state index in [4.69, 9.17) is 9.47 Å². The van der Waals surface area contributed by atoms with Gasteiger partial charge in [-0.2, -0.15) is 5.10 Å². The molecule has 5 rings (SSSR count). The summed E-state index contributed by atoms with van der Waals surface area (Å²) in [6.07, 6.45) is 6.42. The molecule has 1 unspecified atom stereocenters. The number of carbonyl (C=O) groups excluding carboxylic acids is 1. The normalized spacial score (nSPS) is 28.0. The van der Waals surface area contributed by atoms with Crippen LogP contribution < -0.4 is 10.2 Å². The molecular weight excluding hydrogens is 342 g/mol. The van der Waals surface area contributed by atoms with Gasteiger partial charge in [-0.05, 0) is 36.6 Å². The average molecular weight is 369 g/mol. The number of benzene rings is 1. The van der Waals surface area contributed by atoms with Crippen molar-refractivity contribution in [2.24, 2.45) is 11.0 Å². The van der Waals surface area contributed by atoms with Crippen LogP contribution in [0.5, 0.6) is 5.75 Å². The minimum atomic E-state index is -0.460. The van der Waals surface area contributed by atoms with E-state index in [1.165, 1.54) is 19.3 Å². The number of amides is 1. The van der Waals surface area contributed by atoms with E-state index in [9.17, 15) is 4.79 Å². The lowest BCUT2D eigenvalue weighted by atomic mass is 9.89. The summed E-state index contributed by atoms with van der Waals surface area (Å²) in [5.74, 6) is 0.559. The molecule has 1 aliphatic carbocycles. The summed E-state index contributed by atoms with van der Waals surface area (Å²) < 4.78 is 12.6. The molecule has 1 spiro atoms. The Hall–Kier alpha value is -1.92. The van der Waals surface area contributed by atoms with Crippen molar-refractivity contribution in [2.45, 2.75) is 63.9 Å². The second-order valence-corrected chi connectivity index (χ2v) is 8.38. The fraction of sp³-hybridized carbons (Fsp3) is 0.619. The van der Waals surface area contributed by atoms with Crippen LogP contribution in [-0.4, -0.2) is 41.4 Å². The van der Waals surface area contributed by atoms with E-state index in [1.807, 2.05) is 19.1 Å². The molecule has 27 heavy (non-hydrogen) atoms. The zero-order valence-corrected chi connectivity index (χ0v) is 15.9. The Balaban J connectivity index is 1.30. The number of fused-ring (bicyclic) bond motifs is 1. The standard InChI is InChI=1S/C21H27N3O3/c1-14-11-19(25)22-23-20(14)15-5-6-18-16(12-15)13-26-21(27-18)7-9-24(10-8-21)17-3-2-4-17/h5-6,12,14,17H,2-4,7-11,13H2,1H3,(H,22,25). The van der Waals surface area contributed by atoms with E-state index in [-0.39, 0.29) is 11.8 Å². The second kappa shape index (κ2) is 6.60. The van der Waals surface area contributed by atoms with Gasteiger partial charge in [0, 0.05) is 49.9 Å². The zero-order valence-electron chi connectivity index (χ0n) is 15.9. The first-order valence-corrected chi connectivity index (χ1v) is 10.2. The van der Waals surface area contributed by atoms with Gasteiger partial charge >= 0.3 is 0 Å². The molecule has 0 radical (unpaired) electrons. The highest BCUT2D eigenvalue weighted by Crippen LogP contribution is 2.39. The van der Waals surface area contributed by atoms with E-state index in [0.717, 1.165) is 54.6 Å². The molecule has 0 bridgehead atoms. The van der Waals surface area contributed by atoms with Crippen molar-refractivity contribution in [2.75, 3.05) is 13.1 Å². The number of carbonyl (C=O) groups is 1. The molecule has 2 fully saturated rings. The summed E-state index contributed by atoms with van der Waals surface area (Å²) >= 11 is 0. The number of likely N-dealkylation sites (tertiary alicyclic amines) is 1. The van der Waals surface area contributed by atoms with Crippen molar-refractivity contribution in [3.05, 3.63) is 29.3 Å². The molecule has 1 aromatic carbocycles. The molecule has 3 aliphatic heterocycles. The van der Waals surface area contributed by atoms with Gasteiger partial charge in [0.25, 0.3) is 0 Å². The van der Waals surface area contributed by atoms with Crippen LogP contribution in [0, 0.1) is 5.92 Å². The Morgan fingerprint density at radius 3 is 2.78 bits per heavy atom. The van der Waals surface area contributed by atoms with Crippen molar-refractivity contribution in [1.29, 1.82) is 0 Å². The molecule has 1 N–H and O–H groups in total. The molecule has 4 aliphatic rings. The topological polar surface area (TPSA) is 63.2 Å². The van der Waals surface area contributed by atoms with Crippen LogP contribution in [0.3, 0.4) is 0 Å². The fourth-order valence-electron chi connectivity index (χ4n) is 4.62. The van der Waals surface area contributed by atoms with E-state index < -0.39 is 5.79 Å². The summed E-state index contributed by atoms with van der Waals surface area (Å²) in [6, 6.07) is 6.98. The van der Waals surface area contributed by atoms with Crippen molar-refractivity contribution < 1.29 is 14.3 Å². The Bertz CT molecular complexity index is 779. The van der Waals surface area contributed by atoms with E-state index >= 15 is 0 Å². The summed E-state index contributed by atoms with van der Waals surface area (Å²) in [4.78, 5) is 14.1. The molecular formula is C21H27N3O3. The van der Waals surface area contributed by atoms with Crippen LogP contribution in [0.25, 0.3) is 0 Å². The maximum absolute atomic E-state index is 11.5. The van der Waals surface area contributed by atoms with Crippen molar-refractivity contribution in [3.63, 3.8) is 0 Å². The number of rotatable bonds is 2. The third-order valence-corrected chi connectivity index (χ3v) is 6.55. The molecule has 3 heterocycles. The number of nitrogens with one attached hydrogen (secondary N) is 1. The largest absolute Gasteiger partial charge is 0.462 e. The molecule has 6 heteroatoms. The van der Waals surface area contributed by atoms with Gasteiger partial charge in [-0.1, -0.05) is 13.3 Å². The molecule has 0 aromatic heterocycles. The lowest BCUT2D eigenvalue weighted by Gasteiger charge is -2.47. The van der Waals surface area contributed by atoms with Gasteiger partial charge in [0.15, 0.2) is 0 Å². The maximum atomic E-state index is 11.5. The van der Waals surface area contributed by atoms with Gasteiger partial charge in [0.05, 0.1) is 12.3 Å². The van der Waals surface area contributed by atoms with Gasteiger partial charge < -0.3 is 9.47 Å². The van der Waals surface area contributed by atoms with Gasteiger partial charge in [-0.15, -0.1) is 0 Å². The summed E-state index contributed by atoms with van der Waals surface area (Å²) in [5, 5.41) is 4.26. The van der Waals surface area contributed by atoms with Crippen molar-refractivity contribution >= 4 is 11.6 Å². The lowest BCUT2D eigenvalue weighted by Crippen LogP contribution is -2.54. The van der Waals surface area contributed by atoms with Crippen molar-refractivity contribution in [1.82, 2.24) is 10.3 Å². The Morgan fingerprint density at radius 1 is 1.26 bits per heavy atom. The van der Waals surface area contributed by atoms with Crippen LogP contribution in [0.1, 0.15) is 56.6 Å². The van der Waals surface area contributed by atoms with Crippen molar-refractivity contribution in [3.8, 4) is 5.75 Å². The van der Waals surface area contributed by atoms with Gasteiger partial charge in [-0.25, -0.2) is 5.43 Å². The first kappa shape index (κ1) is 17.2. The molecule has 1 saturated carbocycles. The highest BCUT2D eigenvalue weighted by Gasteiger charge is 2.42. The minimum Gasteiger partial charge on any atom is -0.462 e. The third kappa shape index (κ3) is 3.15. The number of piperidine rings is 1. The molecule has 1 atom stereocenters. The molecule has 1 saturated heterocycles. The van der Waals surface area contributed by atoms with Crippen LogP contribution in [0.4, 0.5) is 0 Å². The number of hydrazone groups is 1. The summed E-state index contributed by atoms with van der Waals surface area (Å²) in [6.45, 7) is 4.73. The van der Waals surface area contributed by atoms with Gasteiger partial charge in [0.2, 0.25) is 11.7 Å². The minimum absolute atomic E-state index is 0.0222.